The molecular formula is C16H25N3O. The van der Waals surface area contributed by atoms with E-state index < -0.39 is 0 Å². The molecule has 0 spiro atoms. The Hall–Kier alpha value is -1.71. The fraction of sp³-hybridized carbons (Fsp3) is 0.562. The zero-order valence-corrected chi connectivity index (χ0v) is 12.6. The number of anilines is 2. The minimum absolute atomic E-state index is 0.115. The van der Waals surface area contributed by atoms with E-state index >= 15 is 0 Å². The van der Waals surface area contributed by atoms with Crippen LogP contribution in [-0.2, 0) is 0 Å². The highest BCUT2D eigenvalue weighted by atomic mass is 16.2. The fourth-order valence-corrected chi connectivity index (χ4v) is 2.73. The van der Waals surface area contributed by atoms with Crippen LogP contribution in [0.5, 0.6) is 0 Å². The van der Waals surface area contributed by atoms with Gasteiger partial charge in [0, 0.05) is 32.7 Å². The SMILES string of the molecule is CN(C)c1ccc(C(=O)N2CCCCCCC2)cc1N. The predicted octanol–water partition coefficient (Wildman–Crippen LogP) is 2.74. The summed E-state index contributed by atoms with van der Waals surface area (Å²) >= 11 is 0. The molecule has 1 aliphatic rings. The summed E-state index contributed by atoms with van der Waals surface area (Å²) in [6.07, 6.45) is 5.97. The smallest absolute Gasteiger partial charge is 0.253 e. The lowest BCUT2D eigenvalue weighted by Crippen LogP contribution is -2.33. The van der Waals surface area contributed by atoms with Gasteiger partial charge in [-0.05, 0) is 31.0 Å². The van der Waals surface area contributed by atoms with Crippen LogP contribution in [0.25, 0.3) is 0 Å². The Bertz CT molecular complexity index is 463. The number of amides is 1. The average molecular weight is 275 g/mol. The summed E-state index contributed by atoms with van der Waals surface area (Å²) in [5.41, 5.74) is 8.35. The number of hydrogen-bond acceptors (Lipinski definition) is 3. The molecule has 1 aromatic carbocycles. The number of carbonyl (C=O) groups excluding carboxylic acids is 1. The summed E-state index contributed by atoms with van der Waals surface area (Å²) in [5.74, 6) is 0.115. The normalized spacial score (nSPS) is 16.4. The standard InChI is InChI=1S/C16H25N3O/c1-18(2)15-9-8-13(12-14(15)17)16(20)19-10-6-4-3-5-7-11-19/h8-9,12H,3-7,10-11,17H2,1-2H3. The summed E-state index contributed by atoms with van der Waals surface area (Å²) in [6.45, 7) is 1.74. The van der Waals surface area contributed by atoms with Gasteiger partial charge >= 0.3 is 0 Å². The highest BCUT2D eigenvalue weighted by molar-refractivity contribution is 5.96. The Balaban J connectivity index is 2.13. The largest absolute Gasteiger partial charge is 0.397 e. The molecule has 0 radical (unpaired) electrons. The van der Waals surface area contributed by atoms with E-state index in [0.717, 1.165) is 31.6 Å². The lowest BCUT2D eigenvalue weighted by Gasteiger charge is -2.25. The first-order valence-electron chi connectivity index (χ1n) is 7.45. The van der Waals surface area contributed by atoms with E-state index in [4.69, 9.17) is 5.73 Å². The predicted molar refractivity (Wildman–Crippen MR) is 84.2 cm³/mol. The topological polar surface area (TPSA) is 49.6 Å². The number of nitrogens with two attached hydrogens (primary N) is 1. The van der Waals surface area contributed by atoms with E-state index in [9.17, 15) is 4.79 Å². The quantitative estimate of drug-likeness (QED) is 0.844. The van der Waals surface area contributed by atoms with Crippen LogP contribution >= 0.6 is 0 Å². The molecule has 1 aliphatic heterocycles. The van der Waals surface area contributed by atoms with Gasteiger partial charge in [0.1, 0.15) is 0 Å². The third-order valence-corrected chi connectivity index (χ3v) is 3.90. The molecule has 20 heavy (non-hydrogen) atoms. The van der Waals surface area contributed by atoms with Crippen LogP contribution in [0.3, 0.4) is 0 Å². The van der Waals surface area contributed by atoms with Gasteiger partial charge in [0.2, 0.25) is 0 Å². The van der Waals surface area contributed by atoms with E-state index in [0.29, 0.717) is 11.3 Å². The lowest BCUT2D eigenvalue weighted by molar-refractivity contribution is 0.0742. The Morgan fingerprint density at radius 1 is 1.10 bits per heavy atom. The Labute approximate surface area is 121 Å². The number of rotatable bonds is 2. The minimum atomic E-state index is 0.115. The Morgan fingerprint density at radius 2 is 1.70 bits per heavy atom. The van der Waals surface area contributed by atoms with Crippen LogP contribution in [-0.4, -0.2) is 38.0 Å². The molecule has 2 rings (SSSR count). The average Bonchev–Trinajstić information content (AvgIpc) is 2.37. The van der Waals surface area contributed by atoms with E-state index in [1.54, 1.807) is 6.07 Å². The van der Waals surface area contributed by atoms with Gasteiger partial charge in [0.05, 0.1) is 11.4 Å². The molecule has 1 fully saturated rings. The van der Waals surface area contributed by atoms with Crippen molar-refractivity contribution in [2.75, 3.05) is 37.8 Å². The molecule has 0 bridgehead atoms. The first-order chi connectivity index (χ1) is 9.59. The van der Waals surface area contributed by atoms with Gasteiger partial charge in [-0.1, -0.05) is 19.3 Å². The Morgan fingerprint density at radius 3 is 2.25 bits per heavy atom. The van der Waals surface area contributed by atoms with Crippen LogP contribution in [0.15, 0.2) is 18.2 Å². The van der Waals surface area contributed by atoms with Crippen molar-refractivity contribution in [1.82, 2.24) is 4.90 Å². The molecule has 0 aromatic heterocycles. The van der Waals surface area contributed by atoms with Crippen LogP contribution < -0.4 is 10.6 Å². The molecule has 2 N–H and O–H groups in total. The molecule has 1 saturated heterocycles. The van der Waals surface area contributed by atoms with Crippen molar-refractivity contribution in [2.45, 2.75) is 32.1 Å². The van der Waals surface area contributed by atoms with Crippen molar-refractivity contribution >= 4 is 17.3 Å². The zero-order valence-electron chi connectivity index (χ0n) is 12.6. The first-order valence-corrected chi connectivity index (χ1v) is 7.45. The van der Waals surface area contributed by atoms with E-state index in [1.807, 2.05) is 36.0 Å². The molecule has 110 valence electrons. The molecule has 4 nitrogen and oxygen atoms in total. The number of nitrogen functional groups attached to an aromatic ring is 1. The third-order valence-electron chi connectivity index (χ3n) is 3.90. The number of hydrogen-bond donors (Lipinski definition) is 1. The van der Waals surface area contributed by atoms with Gasteiger partial charge in [-0.15, -0.1) is 0 Å². The molecule has 4 heteroatoms. The van der Waals surface area contributed by atoms with Gasteiger partial charge in [0.15, 0.2) is 0 Å². The van der Waals surface area contributed by atoms with Crippen molar-refractivity contribution in [3.63, 3.8) is 0 Å². The van der Waals surface area contributed by atoms with Crippen LogP contribution in [0.2, 0.25) is 0 Å². The maximum atomic E-state index is 12.6. The second-order valence-corrected chi connectivity index (χ2v) is 5.73. The second kappa shape index (κ2) is 6.64. The van der Waals surface area contributed by atoms with E-state index in [-0.39, 0.29) is 5.91 Å². The molecule has 0 saturated carbocycles. The molecular weight excluding hydrogens is 250 g/mol. The third kappa shape index (κ3) is 3.44. The maximum absolute atomic E-state index is 12.6. The number of carbonyl (C=O) groups is 1. The summed E-state index contributed by atoms with van der Waals surface area (Å²) in [7, 11) is 3.90. The van der Waals surface area contributed by atoms with Crippen LogP contribution in [0.1, 0.15) is 42.5 Å². The number of benzene rings is 1. The van der Waals surface area contributed by atoms with E-state index in [1.165, 1.54) is 19.3 Å². The molecule has 0 atom stereocenters. The van der Waals surface area contributed by atoms with Crippen molar-refractivity contribution in [1.29, 1.82) is 0 Å². The molecule has 0 unspecified atom stereocenters. The van der Waals surface area contributed by atoms with Gasteiger partial charge in [-0.25, -0.2) is 0 Å². The lowest BCUT2D eigenvalue weighted by atomic mass is 10.1. The number of nitrogens with zero attached hydrogens (tertiary/aromatic N) is 2. The van der Waals surface area contributed by atoms with Crippen molar-refractivity contribution in [3.8, 4) is 0 Å². The molecule has 1 heterocycles. The van der Waals surface area contributed by atoms with Crippen LogP contribution in [0, 0.1) is 0 Å². The first kappa shape index (κ1) is 14.7. The summed E-state index contributed by atoms with van der Waals surface area (Å²) in [6, 6.07) is 5.61. The van der Waals surface area contributed by atoms with Gasteiger partial charge in [-0.3, -0.25) is 4.79 Å². The number of likely N-dealkylation sites (tertiary alicyclic amines) is 1. The van der Waals surface area contributed by atoms with Crippen LogP contribution in [0.4, 0.5) is 11.4 Å². The van der Waals surface area contributed by atoms with Gasteiger partial charge < -0.3 is 15.5 Å². The summed E-state index contributed by atoms with van der Waals surface area (Å²) < 4.78 is 0. The summed E-state index contributed by atoms with van der Waals surface area (Å²) in [4.78, 5) is 16.5. The van der Waals surface area contributed by atoms with Gasteiger partial charge in [-0.2, -0.15) is 0 Å². The van der Waals surface area contributed by atoms with Crippen molar-refractivity contribution in [2.24, 2.45) is 0 Å². The minimum Gasteiger partial charge on any atom is -0.397 e. The maximum Gasteiger partial charge on any atom is 0.253 e. The van der Waals surface area contributed by atoms with Crippen molar-refractivity contribution < 1.29 is 4.79 Å². The molecule has 1 aromatic rings. The fourth-order valence-electron chi connectivity index (χ4n) is 2.73. The van der Waals surface area contributed by atoms with Gasteiger partial charge in [0.25, 0.3) is 5.91 Å². The molecule has 1 amide bonds. The highest BCUT2D eigenvalue weighted by Crippen LogP contribution is 2.23. The zero-order chi connectivity index (χ0) is 14.5. The summed E-state index contributed by atoms with van der Waals surface area (Å²) in [5, 5.41) is 0. The highest BCUT2D eigenvalue weighted by Gasteiger charge is 2.17. The van der Waals surface area contributed by atoms with Crippen molar-refractivity contribution in [3.05, 3.63) is 23.8 Å². The van der Waals surface area contributed by atoms with E-state index in [2.05, 4.69) is 0 Å². The monoisotopic (exact) mass is 275 g/mol. The Kier molecular flexibility index (Phi) is 4.88. The molecule has 0 aliphatic carbocycles. The second-order valence-electron chi connectivity index (χ2n) is 5.73.